The Hall–Kier alpha value is -3.93. The van der Waals surface area contributed by atoms with Crippen LogP contribution in [-0.4, -0.2) is 58.7 Å². The highest BCUT2D eigenvalue weighted by Crippen LogP contribution is 2.21. The monoisotopic (exact) mass is 445 g/mol. The van der Waals surface area contributed by atoms with Gasteiger partial charge in [0.1, 0.15) is 6.54 Å². The first-order valence-electron chi connectivity index (χ1n) is 11.3. The minimum Gasteiger partial charge on any atom is -0.341 e. The van der Waals surface area contributed by atoms with E-state index in [1.54, 1.807) is 11.1 Å². The molecule has 2 aliphatic heterocycles. The van der Waals surface area contributed by atoms with Crippen molar-refractivity contribution >= 4 is 34.4 Å². The number of carbonyl (C=O) groups is 2. The number of anilines is 1. The van der Waals surface area contributed by atoms with E-state index in [-0.39, 0.29) is 24.3 Å². The Kier molecular flexibility index (Phi) is 7.15. The molecule has 0 radical (unpaired) electrons. The molecule has 2 amide bonds. The lowest BCUT2D eigenvalue weighted by Gasteiger charge is -2.24. The lowest BCUT2D eigenvalue weighted by Crippen LogP contribution is -2.42. The van der Waals surface area contributed by atoms with Crippen LogP contribution in [0.25, 0.3) is 10.9 Å². The summed E-state index contributed by atoms with van der Waals surface area (Å²) in [6.45, 7) is 2.20. The fourth-order valence-electron chi connectivity index (χ4n) is 4.15. The van der Waals surface area contributed by atoms with Crippen molar-refractivity contribution in [2.75, 3.05) is 31.5 Å². The van der Waals surface area contributed by atoms with Crippen LogP contribution in [0.5, 0.6) is 0 Å². The van der Waals surface area contributed by atoms with Crippen molar-refractivity contribution in [3.8, 4) is 6.19 Å². The SMILES string of the molecule is N#CNC(=N/C=C1\CCCCN(CC(=O)N2CCCC2)C1=O)Nc1cccc2cccnc12. The lowest BCUT2D eigenvalue weighted by molar-refractivity contribution is -0.137. The summed E-state index contributed by atoms with van der Waals surface area (Å²) in [7, 11) is 0. The number of para-hydroxylation sites is 1. The third kappa shape index (κ3) is 5.47. The normalized spacial score (nSPS) is 18.3. The van der Waals surface area contributed by atoms with Crippen LogP contribution in [0.1, 0.15) is 32.1 Å². The molecule has 1 aromatic carbocycles. The number of aromatic nitrogens is 1. The predicted octanol–water partition coefficient (Wildman–Crippen LogP) is 2.59. The van der Waals surface area contributed by atoms with Gasteiger partial charge in [-0.1, -0.05) is 18.2 Å². The van der Waals surface area contributed by atoms with Crippen molar-refractivity contribution in [1.82, 2.24) is 20.1 Å². The highest BCUT2D eigenvalue weighted by molar-refractivity contribution is 6.03. The number of guanidine groups is 1. The Labute approximate surface area is 192 Å². The Bertz CT molecular complexity index is 1120. The zero-order chi connectivity index (χ0) is 23.0. The third-order valence-electron chi connectivity index (χ3n) is 5.88. The van der Waals surface area contributed by atoms with Gasteiger partial charge in [0.2, 0.25) is 11.9 Å². The molecule has 4 rings (SSSR count). The molecule has 2 N–H and O–H groups in total. The molecule has 3 heterocycles. The minimum atomic E-state index is -0.174. The van der Waals surface area contributed by atoms with Crippen LogP contribution in [-0.2, 0) is 9.59 Å². The summed E-state index contributed by atoms with van der Waals surface area (Å²) < 4.78 is 0. The number of fused-ring (bicyclic) bond motifs is 1. The fourth-order valence-corrected chi connectivity index (χ4v) is 4.15. The van der Waals surface area contributed by atoms with Gasteiger partial charge < -0.3 is 15.1 Å². The molecule has 2 aromatic rings. The molecular weight excluding hydrogens is 418 g/mol. The maximum atomic E-state index is 13.1. The fraction of sp³-hybridized carbons (Fsp3) is 0.375. The number of aliphatic imine (C=N–C) groups is 1. The van der Waals surface area contributed by atoms with E-state index in [1.807, 2.05) is 41.4 Å². The molecule has 0 bridgehead atoms. The van der Waals surface area contributed by atoms with Gasteiger partial charge >= 0.3 is 0 Å². The first-order valence-corrected chi connectivity index (χ1v) is 11.3. The van der Waals surface area contributed by atoms with E-state index in [4.69, 9.17) is 0 Å². The van der Waals surface area contributed by atoms with Gasteiger partial charge in [0.25, 0.3) is 5.91 Å². The van der Waals surface area contributed by atoms with Crippen LogP contribution in [0.2, 0.25) is 0 Å². The molecule has 170 valence electrons. The zero-order valence-corrected chi connectivity index (χ0v) is 18.5. The van der Waals surface area contributed by atoms with Crippen LogP contribution < -0.4 is 10.6 Å². The molecule has 1 aromatic heterocycles. The van der Waals surface area contributed by atoms with Gasteiger partial charge in [-0.3, -0.25) is 19.9 Å². The average molecular weight is 446 g/mol. The van der Waals surface area contributed by atoms with Crippen molar-refractivity contribution < 1.29 is 9.59 Å². The van der Waals surface area contributed by atoms with Gasteiger partial charge in [-0.25, -0.2) is 4.99 Å². The van der Waals surface area contributed by atoms with Gasteiger partial charge in [0.05, 0.1) is 11.2 Å². The van der Waals surface area contributed by atoms with E-state index in [9.17, 15) is 14.9 Å². The Balaban J connectivity index is 1.52. The van der Waals surface area contributed by atoms with Crippen LogP contribution >= 0.6 is 0 Å². The topological polar surface area (TPSA) is 114 Å². The molecule has 9 nitrogen and oxygen atoms in total. The largest absolute Gasteiger partial charge is 0.341 e. The summed E-state index contributed by atoms with van der Waals surface area (Å²) >= 11 is 0. The van der Waals surface area contributed by atoms with Crippen LogP contribution in [0, 0.1) is 11.5 Å². The van der Waals surface area contributed by atoms with Crippen molar-refractivity contribution in [3.05, 3.63) is 48.3 Å². The predicted molar refractivity (Wildman–Crippen MR) is 126 cm³/mol. The maximum Gasteiger partial charge on any atom is 0.251 e. The number of nitriles is 1. The van der Waals surface area contributed by atoms with E-state index in [1.165, 1.54) is 6.20 Å². The molecule has 2 aliphatic rings. The molecule has 0 saturated carbocycles. The summed E-state index contributed by atoms with van der Waals surface area (Å²) in [4.78, 5) is 37.9. The van der Waals surface area contributed by atoms with Crippen molar-refractivity contribution in [3.63, 3.8) is 0 Å². The number of pyridine rings is 1. The first-order chi connectivity index (χ1) is 16.2. The van der Waals surface area contributed by atoms with Gasteiger partial charge in [0, 0.05) is 43.0 Å². The number of benzene rings is 1. The Morgan fingerprint density at radius 3 is 2.76 bits per heavy atom. The molecular formula is C24H27N7O2. The molecule has 0 unspecified atom stereocenters. The maximum absolute atomic E-state index is 13.1. The second-order valence-electron chi connectivity index (χ2n) is 8.15. The number of carbonyl (C=O) groups excluding carboxylic acids is 2. The average Bonchev–Trinajstić information content (AvgIpc) is 3.32. The van der Waals surface area contributed by atoms with Gasteiger partial charge in [0.15, 0.2) is 6.19 Å². The second-order valence-corrected chi connectivity index (χ2v) is 8.15. The lowest BCUT2D eigenvalue weighted by atomic mass is 10.1. The third-order valence-corrected chi connectivity index (χ3v) is 5.88. The number of hydrogen-bond acceptors (Lipinski definition) is 5. The summed E-state index contributed by atoms with van der Waals surface area (Å²) in [6, 6.07) is 9.49. The van der Waals surface area contributed by atoms with Crippen molar-refractivity contribution in [2.45, 2.75) is 32.1 Å². The van der Waals surface area contributed by atoms with Crippen LogP contribution in [0.4, 0.5) is 5.69 Å². The van der Waals surface area contributed by atoms with E-state index in [0.29, 0.717) is 24.2 Å². The highest BCUT2D eigenvalue weighted by atomic mass is 16.2. The highest BCUT2D eigenvalue weighted by Gasteiger charge is 2.26. The van der Waals surface area contributed by atoms with Gasteiger partial charge in [-0.15, -0.1) is 0 Å². The van der Waals surface area contributed by atoms with Crippen molar-refractivity contribution in [2.24, 2.45) is 4.99 Å². The molecule has 2 saturated heterocycles. The number of nitrogens with one attached hydrogen (secondary N) is 2. The molecule has 0 spiro atoms. The number of nitrogens with zero attached hydrogens (tertiary/aromatic N) is 5. The Morgan fingerprint density at radius 2 is 1.94 bits per heavy atom. The van der Waals surface area contributed by atoms with Crippen LogP contribution in [0.3, 0.4) is 0 Å². The molecule has 9 heteroatoms. The summed E-state index contributed by atoms with van der Waals surface area (Å²) in [5, 5.41) is 15.8. The number of likely N-dealkylation sites (tertiary alicyclic amines) is 2. The van der Waals surface area contributed by atoms with E-state index < -0.39 is 0 Å². The van der Waals surface area contributed by atoms with E-state index in [2.05, 4.69) is 20.6 Å². The minimum absolute atomic E-state index is 0.00237. The summed E-state index contributed by atoms with van der Waals surface area (Å²) in [5.74, 6) is 0.0226. The smallest absolute Gasteiger partial charge is 0.251 e. The first kappa shape index (κ1) is 22.3. The number of amides is 2. The molecule has 33 heavy (non-hydrogen) atoms. The standard InChI is InChI=1S/C24H27N7O2/c25-17-28-24(29-20-10-5-8-18-9-6-11-26-22(18)20)27-15-19-7-1-2-14-31(23(19)33)16-21(32)30-12-3-4-13-30/h5-6,8-11,15H,1-4,7,12-14,16H2,(H2,27,28,29)/b19-15+. The van der Waals surface area contributed by atoms with Crippen LogP contribution in [0.15, 0.2) is 53.3 Å². The van der Waals surface area contributed by atoms with Gasteiger partial charge in [-0.2, -0.15) is 5.26 Å². The number of hydrogen-bond donors (Lipinski definition) is 2. The Morgan fingerprint density at radius 1 is 1.15 bits per heavy atom. The second kappa shape index (κ2) is 10.6. The van der Waals surface area contributed by atoms with E-state index >= 15 is 0 Å². The quantitative estimate of drug-likeness (QED) is 0.246. The number of rotatable bonds is 4. The molecule has 2 fully saturated rings. The zero-order valence-electron chi connectivity index (χ0n) is 18.5. The van der Waals surface area contributed by atoms with Gasteiger partial charge in [-0.05, 0) is 44.2 Å². The summed E-state index contributed by atoms with van der Waals surface area (Å²) in [5.41, 5.74) is 1.96. The van der Waals surface area contributed by atoms with Crippen molar-refractivity contribution in [1.29, 1.82) is 5.26 Å². The molecule has 0 aliphatic carbocycles. The summed E-state index contributed by atoms with van der Waals surface area (Å²) in [6.07, 6.45) is 9.36. The molecule has 0 atom stereocenters. The van der Waals surface area contributed by atoms with E-state index in [0.717, 1.165) is 49.7 Å².